The van der Waals surface area contributed by atoms with Crippen molar-refractivity contribution < 1.29 is 0 Å². The molecule has 0 radical (unpaired) electrons. The third-order valence-corrected chi connectivity index (χ3v) is 3.89. The van der Waals surface area contributed by atoms with Gasteiger partial charge in [-0.15, -0.1) is 5.10 Å². The summed E-state index contributed by atoms with van der Waals surface area (Å²) in [6.07, 6.45) is 7.34. The maximum Gasteiger partial charge on any atom is 0.0803 e. The normalized spacial score (nSPS) is 18.0. The lowest BCUT2D eigenvalue weighted by atomic mass is 10.1. The summed E-state index contributed by atoms with van der Waals surface area (Å²) < 4.78 is 4.02. The molecule has 3 nitrogen and oxygen atoms in total. The average molecular weight is 225 g/mol. The molecular weight excluding hydrogens is 206 g/mol. The summed E-state index contributed by atoms with van der Waals surface area (Å²) in [6.45, 7) is 2.17. The zero-order chi connectivity index (χ0) is 10.7. The fourth-order valence-corrected chi connectivity index (χ4v) is 2.59. The Bertz CT molecular complexity index is 307. The second-order valence-electron chi connectivity index (χ2n) is 4.46. The molecule has 0 saturated heterocycles. The first-order chi connectivity index (χ1) is 7.31. The predicted molar refractivity (Wildman–Crippen MR) is 62.8 cm³/mol. The van der Waals surface area contributed by atoms with E-state index in [1.165, 1.54) is 35.7 Å². The van der Waals surface area contributed by atoms with Crippen molar-refractivity contribution in [3.05, 3.63) is 10.6 Å². The van der Waals surface area contributed by atoms with Gasteiger partial charge in [-0.25, -0.2) is 0 Å². The number of rotatable bonds is 6. The van der Waals surface area contributed by atoms with E-state index in [9.17, 15) is 0 Å². The zero-order valence-electron chi connectivity index (χ0n) is 9.28. The Morgan fingerprint density at radius 1 is 1.53 bits per heavy atom. The van der Waals surface area contributed by atoms with Crippen molar-refractivity contribution in [2.45, 2.75) is 51.5 Å². The summed E-state index contributed by atoms with van der Waals surface area (Å²) in [7, 11) is 0. The third-order valence-electron chi connectivity index (χ3n) is 2.99. The van der Waals surface area contributed by atoms with Gasteiger partial charge in [0.05, 0.1) is 10.6 Å². The molecule has 1 heterocycles. The first-order valence-electron chi connectivity index (χ1n) is 5.88. The van der Waals surface area contributed by atoms with Gasteiger partial charge in [-0.05, 0) is 36.7 Å². The quantitative estimate of drug-likeness (QED) is 0.809. The van der Waals surface area contributed by atoms with Gasteiger partial charge < -0.3 is 5.73 Å². The molecule has 1 fully saturated rings. The van der Waals surface area contributed by atoms with Crippen LogP contribution in [0.15, 0.2) is 0 Å². The minimum atomic E-state index is 0.173. The fourth-order valence-electron chi connectivity index (χ4n) is 1.86. The molecule has 1 aliphatic rings. The van der Waals surface area contributed by atoms with E-state index in [4.69, 9.17) is 5.73 Å². The third kappa shape index (κ3) is 2.98. The van der Waals surface area contributed by atoms with Crippen molar-refractivity contribution in [3.63, 3.8) is 0 Å². The lowest BCUT2D eigenvalue weighted by molar-refractivity contribution is 0.576. The van der Waals surface area contributed by atoms with Gasteiger partial charge in [0.1, 0.15) is 0 Å². The van der Waals surface area contributed by atoms with E-state index in [-0.39, 0.29) is 6.04 Å². The van der Waals surface area contributed by atoms with Gasteiger partial charge in [0.2, 0.25) is 0 Å². The van der Waals surface area contributed by atoms with Gasteiger partial charge in [0, 0.05) is 6.04 Å². The lowest BCUT2D eigenvalue weighted by Gasteiger charge is -2.09. The minimum absolute atomic E-state index is 0.173. The first kappa shape index (κ1) is 11.0. The van der Waals surface area contributed by atoms with Gasteiger partial charge >= 0.3 is 0 Å². The summed E-state index contributed by atoms with van der Waals surface area (Å²) in [6, 6.07) is 0.173. The molecule has 0 spiro atoms. The summed E-state index contributed by atoms with van der Waals surface area (Å²) in [4.78, 5) is 1.22. The molecule has 1 aliphatic carbocycles. The molecule has 1 unspecified atom stereocenters. The van der Waals surface area contributed by atoms with Crippen LogP contribution in [0.25, 0.3) is 0 Å². The van der Waals surface area contributed by atoms with Gasteiger partial charge in [0.25, 0.3) is 0 Å². The number of aryl methyl sites for hydroxylation is 1. The molecule has 1 aromatic heterocycles. The van der Waals surface area contributed by atoms with Crippen molar-refractivity contribution in [1.82, 2.24) is 9.59 Å². The largest absolute Gasteiger partial charge is 0.323 e. The second kappa shape index (κ2) is 5.03. The highest BCUT2D eigenvalue weighted by Crippen LogP contribution is 2.36. The highest BCUT2D eigenvalue weighted by atomic mass is 32.1. The zero-order valence-corrected chi connectivity index (χ0v) is 10.1. The molecule has 2 rings (SSSR count). The number of aromatic nitrogens is 2. The average Bonchev–Trinajstić information content (AvgIpc) is 2.95. The Morgan fingerprint density at radius 3 is 3.00 bits per heavy atom. The number of nitrogens with zero attached hydrogens (tertiary/aromatic N) is 2. The molecule has 4 heteroatoms. The van der Waals surface area contributed by atoms with Crippen LogP contribution >= 0.6 is 11.5 Å². The molecular formula is C11H19N3S. The van der Waals surface area contributed by atoms with E-state index in [0.717, 1.165) is 30.9 Å². The van der Waals surface area contributed by atoms with Crippen LogP contribution in [-0.4, -0.2) is 9.59 Å². The Hall–Kier alpha value is -0.480. The highest BCUT2D eigenvalue weighted by molar-refractivity contribution is 7.05. The first-order valence-corrected chi connectivity index (χ1v) is 6.65. The molecule has 0 amide bonds. The van der Waals surface area contributed by atoms with E-state index in [2.05, 4.69) is 16.5 Å². The summed E-state index contributed by atoms with van der Waals surface area (Å²) in [5, 5.41) is 4.16. The van der Waals surface area contributed by atoms with Crippen LogP contribution in [0, 0.1) is 5.92 Å². The van der Waals surface area contributed by atoms with E-state index in [0.29, 0.717) is 0 Å². The van der Waals surface area contributed by atoms with Crippen LogP contribution in [0.2, 0.25) is 0 Å². The van der Waals surface area contributed by atoms with Gasteiger partial charge in [-0.1, -0.05) is 30.7 Å². The van der Waals surface area contributed by atoms with E-state index in [1.54, 1.807) is 0 Å². The van der Waals surface area contributed by atoms with Crippen LogP contribution < -0.4 is 5.73 Å². The Labute approximate surface area is 95.2 Å². The molecule has 1 aromatic rings. The Kier molecular flexibility index (Phi) is 3.70. The van der Waals surface area contributed by atoms with Crippen LogP contribution in [0.3, 0.4) is 0 Å². The van der Waals surface area contributed by atoms with E-state index < -0.39 is 0 Å². The standard InChI is InChI=1S/C11H19N3S/c1-2-3-10-11(15-14-13-10)9(12)7-6-8-4-5-8/h8-9H,2-7,12H2,1H3. The van der Waals surface area contributed by atoms with Gasteiger partial charge in [-0.3, -0.25) is 0 Å². The van der Waals surface area contributed by atoms with Crippen molar-refractivity contribution >= 4 is 11.5 Å². The number of nitrogens with two attached hydrogens (primary N) is 1. The van der Waals surface area contributed by atoms with Crippen LogP contribution in [0.5, 0.6) is 0 Å². The molecule has 0 aromatic carbocycles. The molecule has 2 N–H and O–H groups in total. The van der Waals surface area contributed by atoms with Crippen molar-refractivity contribution in [2.75, 3.05) is 0 Å². The van der Waals surface area contributed by atoms with Gasteiger partial charge in [0.15, 0.2) is 0 Å². The van der Waals surface area contributed by atoms with Crippen molar-refractivity contribution in [1.29, 1.82) is 0 Å². The molecule has 1 saturated carbocycles. The molecule has 1 atom stereocenters. The molecule has 0 bridgehead atoms. The Balaban J connectivity index is 1.90. The molecule has 15 heavy (non-hydrogen) atoms. The van der Waals surface area contributed by atoms with Gasteiger partial charge in [-0.2, -0.15) is 0 Å². The monoisotopic (exact) mass is 225 g/mol. The summed E-state index contributed by atoms with van der Waals surface area (Å²) in [5.74, 6) is 0.964. The van der Waals surface area contributed by atoms with Crippen molar-refractivity contribution in [3.8, 4) is 0 Å². The van der Waals surface area contributed by atoms with E-state index in [1.807, 2.05) is 0 Å². The topological polar surface area (TPSA) is 51.8 Å². The minimum Gasteiger partial charge on any atom is -0.323 e. The summed E-state index contributed by atoms with van der Waals surface area (Å²) >= 11 is 1.48. The molecule has 0 aliphatic heterocycles. The fraction of sp³-hybridized carbons (Fsp3) is 0.818. The maximum atomic E-state index is 6.18. The number of hydrogen-bond acceptors (Lipinski definition) is 4. The maximum absolute atomic E-state index is 6.18. The van der Waals surface area contributed by atoms with Crippen LogP contribution in [0.1, 0.15) is 55.6 Å². The van der Waals surface area contributed by atoms with Crippen LogP contribution in [-0.2, 0) is 6.42 Å². The second-order valence-corrected chi connectivity index (χ2v) is 5.25. The Morgan fingerprint density at radius 2 is 2.33 bits per heavy atom. The van der Waals surface area contributed by atoms with Crippen LogP contribution in [0.4, 0.5) is 0 Å². The lowest BCUT2D eigenvalue weighted by Crippen LogP contribution is -2.11. The number of hydrogen-bond donors (Lipinski definition) is 1. The van der Waals surface area contributed by atoms with E-state index >= 15 is 0 Å². The van der Waals surface area contributed by atoms with Crippen molar-refractivity contribution in [2.24, 2.45) is 11.7 Å². The highest BCUT2D eigenvalue weighted by Gasteiger charge is 2.23. The molecule has 84 valence electrons. The SMILES string of the molecule is CCCc1nnsc1C(N)CCC1CC1. The smallest absolute Gasteiger partial charge is 0.0803 e. The summed E-state index contributed by atoms with van der Waals surface area (Å²) in [5.41, 5.74) is 7.31. The predicted octanol–water partition coefficient (Wildman–Crippen LogP) is 2.68.